The van der Waals surface area contributed by atoms with Crippen molar-refractivity contribution in [1.29, 1.82) is 0 Å². The van der Waals surface area contributed by atoms with Gasteiger partial charge in [-0.05, 0) is 50.5 Å². The lowest BCUT2D eigenvalue weighted by Crippen LogP contribution is -2.18. The molecular formula is C20H27NO. The van der Waals surface area contributed by atoms with Crippen molar-refractivity contribution in [3.05, 3.63) is 65.2 Å². The van der Waals surface area contributed by atoms with Crippen LogP contribution in [-0.4, -0.2) is 6.10 Å². The van der Waals surface area contributed by atoms with E-state index in [2.05, 4.69) is 81.5 Å². The van der Waals surface area contributed by atoms with Gasteiger partial charge in [0.15, 0.2) is 0 Å². The first kappa shape index (κ1) is 16.6. The van der Waals surface area contributed by atoms with E-state index in [0.29, 0.717) is 6.04 Å². The van der Waals surface area contributed by atoms with Crippen molar-refractivity contribution in [1.82, 2.24) is 5.32 Å². The monoisotopic (exact) mass is 297 g/mol. The first-order chi connectivity index (χ1) is 10.6. The Hall–Kier alpha value is -1.80. The summed E-state index contributed by atoms with van der Waals surface area (Å²) in [5, 5.41) is 3.57. The summed E-state index contributed by atoms with van der Waals surface area (Å²) < 4.78 is 5.82. The summed E-state index contributed by atoms with van der Waals surface area (Å²) in [5.74, 6) is 0.948. The second-order valence-corrected chi connectivity index (χ2v) is 6.00. The van der Waals surface area contributed by atoms with Crippen LogP contribution in [0.2, 0.25) is 0 Å². The molecule has 0 radical (unpaired) electrons. The van der Waals surface area contributed by atoms with Crippen molar-refractivity contribution in [3.63, 3.8) is 0 Å². The summed E-state index contributed by atoms with van der Waals surface area (Å²) in [6, 6.07) is 17.4. The van der Waals surface area contributed by atoms with Crippen LogP contribution >= 0.6 is 0 Å². The average molecular weight is 297 g/mol. The Morgan fingerprint density at radius 2 is 1.77 bits per heavy atom. The highest BCUT2D eigenvalue weighted by Crippen LogP contribution is 2.19. The normalized spacial score (nSPS) is 13.6. The summed E-state index contributed by atoms with van der Waals surface area (Å²) >= 11 is 0. The molecule has 2 heteroatoms. The minimum absolute atomic E-state index is 0.266. The molecule has 0 amide bonds. The predicted molar refractivity (Wildman–Crippen MR) is 93.3 cm³/mol. The fourth-order valence-corrected chi connectivity index (χ4v) is 2.36. The van der Waals surface area contributed by atoms with Crippen molar-refractivity contribution < 1.29 is 4.74 Å². The standard InChI is InChI=1S/C20H27NO/c1-5-16(3)22-20-11-9-19(10-12-20)17(4)21-14-18-8-6-7-15(2)13-18/h6-13,16-17,21H,5,14H2,1-4H3. The molecular weight excluding hydrogens is 270 g/mol. The fraction of sp³-hybridized carbons (Fsp3) is 0.400. The maximum atomic E-state index is 5.82. The SMILES string of the molecule is CCC(C)Oc1ccc(C(C)NCc2cccc(C)c2)cc1. The molecule has 2 unspecified atom stereocenters. The van der Waals surface area contributed by atoms with E-state index in [-0.39, 0.29) is 6.10 Å². The summed E-state index contributed by atoms with van der Waals surface area (Å²) in [6.45, 7) is 9.44. The molecule has 0 aliphatic carbocycles. The first-order valence-electron chi connectivity index (χ1n) is 8.14. The number of rotatable bonds is 7. The number of aryl methyl sites for hydroxylation is 1. The van der Waals surface area contributed by atoms with E-state index in [9.17, 15) is 0 Å². The van der Waals surface area contributed by atoms with E-state index in [1.54, 1.807) is 0 Å². The zero-order chi connectivity index (χ0) is 15.9. The Morgan fingerprint density at radius 3 is 2.41 bits per heavy atom. The number of nitrogens with one attached hydrogen (secondary N) is 1. The molecule has 2 aromatic rings. The van der Waals surface area contributed by atoms with Gasteiger partial charge in [-0.3, -0.25) is 0 Å². The van der Waals surface area contributed by atoms with Gasteiger partial charge in [0.25, 0.3) is 0 Å². The Bertz CT molecular complexity index is 577. The van der Waals surface area contributed by atoms with Gasteiger partial charge in [0.05, 0.1) is 6.10 Å². The van der Waals surface area contributed by atoms with Crippen LogP contribution in [-0.2, 0) is 6.54 Å². The smallest absolute Gasteiger partial charge is 0.119 e. The molecule has 0 saturated heterocycles. The lowest BCUT2D eigenvalue weighted by Gasteiger charge is -2.16. The van der Waals surface area contributed by atoms with E-state index < -0.39 is 0 Å². The van der Waals surface area contributed by atoms with Gasteiger partial charge in [-0.15, -0.1) is 0 Å². The molecule has 2 atom stereocenters. The zero-order valence-corrected chi connectivity index (χ0v) is 14.1. The Labute approximate surface area is 134 Å². The quantitative estimate of drug-likeness (QED) is 0.774. The van der Waals surface area contributed by atoms with Gasteiger partial charge in [-0.2, -0.15) is 0 Å². The van der Waals surface area contributed by atoms with Crippen LogP contribution in [0.3, 0.4) is 0 Å². The molecule has 0 saturated carbocycles. The largest absolute Gasteiger partial charge is 0.491 e. The van der Waals surface area contributed by atoms with Crippen LogP contribution in [0.15, 0.2) is 48.5 Å². The van der Waals surface area contributed by atoms with Crippen LogP contribution in [0.5, 0.6) is 5.75 Å². The summed E-state index contributed by atoms with van der Waals surface area (Å²) in [4.78, 5) is 0. The van der Waals surface area contributed by atoms with Crippen LogP contribution in [0.4, 0.5) is 0 Å². The molecule has 0 aliphatic heterocycles. The highest BCUT2D eigenvalue weighted by atomic mass is 16.5. The predicted octanol–water partition coefficient (Wildman–Crippen LogP) is 5.02. The fourth-order valence-electron chi connectivity index (χ4n) is 2.36. The average Bonchev–Trinajstić information content (AvgIpc) is 2.53. The lowest BCUT2D eigenvalue weighted by atomic mass is 10.1. The van der Waals surface area contributed by atoms with Crippen LogP contribution < -0.4 is 10.1 Å². The topological polar surface area (TPSA) is 21.3 Å². The number of hydrogen-bond acceptors (Lipinski definition) is 2. The van der Waals surface area contributed by atoms with E-state index >= 15 is 0 Å². The Balaban J connectivity index is 1.90. The molecule has 1 N–H and O–H groups in total. The van der Waals surface area contributed by atoms with E-state index in [0.717, 1.165) is 18.7 Å². The third-order valence-corrected chi connectivity index (χ3v) is 3.99. The molecule has 22 heavy (non-hydrogen) atoms. The first-order valence-corrected chi connectivity index (χ1v) is 8.14. The van der Waals surface area contributed by atoms with Crippen LogP contribution in [0, 0.1) is 6.92 Å². The molecule has 0 heterocycles. The van der Waals surface area contributed by atoms with Gasteiger partial charge in [-0.1, -0.05) is 48.9 Å². The van der Waals surface area contributed by atoms with Gasteiger partial charge in [0, 0.05) is 12.6 Å². The third kappa shape index (κ3) is 4.88. The van der Waals surface area contributed by atoms with Crippen LogP contribution in [0.25, 0.3) is 0 Å². The summed E-state index contributed by atoms with van der Waals surface area (Å²) in [6.07, 6.45) is 1.29. The molecule has 0 fully saturated rings. The number of hydrogen-bond donors (Lipinski definition) is 1. The third-order valence-electron chi connectivity index (χ3n) is 3.99. The maximum Gasteiger partial charge on any atom is 0.119 e. The molecule has 2 nitrogen and oxygen atoms in total. The number of benzene rings is 2. The Morgan fingerprint density at radius 1 is 1.05 bits per heavy atom. The van der Waals surface area contributed by atoms with Gasteiger partial charge >= 0.3 is 0 Å². The van der Waals surface area contributed by atoms with E-state index in [1.807, 2.05) is 0 Å². The second-order valence-electron chi connectivity index (χ2n) is 6.00. The highest BCUT2D eigenvalue weighted by Gasteiger charge is 2.06. The minimum atomic E-state index is 0.266. The van der Waals surface area contributed by atoms with Crippen molar-refractivity contribution in [3.8, 4) is 5.75 Å². The van der Waals surface area contributed by atoms with Crippen molar-refractivity contribution in [2.45, 2.75) is 52.8 Å². The van der Waals surface area contributed by atoms with E-state index in [4.69, 9.17) is 4.74 Å². The van der Waals surface area contributed by atoms with Gasteiger partial charge in [0.2, 0.25) is 0 Å². The second kappa shape index (κ2) is 8.00. The highest BCUT2D eigenvalue weighted by molar-refractivity contribution is 5.29. The number of ether oxygens (including phenoxy) is 1. The van der Waals surface area contributed by atoms with E-state index in [1.165, 1.54) is 16.7 Å². The van der Waals surface area contributed by atoms with Crippen molar-refractivity contribution in [2.24, 2.45) is 0 Å². The molecule has 0 aromatic heterocycles. The molecule has 2 aromatic carbocycles. The molecule has 118 valence electrons. The maximum absolute atomic E-state index is 5.82. The molecule has 0 spiro atoms. The minimum Gasteiger partial charge on any atom is -0.491 e. The lowest BCUT2D eigenvalue weighted by molar-refractivity contribution is 0.217. The zero-order valence-electron chi connectivity index (χ0n) is 14.1. The van der Waals surface area contributed by atoms with Crippen molar-refractivity contribution >= 4 is 0 Å². The molecule has 0 aliphatic rings. The van der Waals surface area contributed by atoms with Gasteiger partial charge in [0.1, 0.15) is 5.75 Å². The Kier molecular flexibility index (Phi) is 6.02. The summed E-state index contributed by atoms with van der Waals surface area (Å²) in [5.41, 5.74) is 3.91. The van der Waals surface area contributed by atoms with Crippen LogP contribution in [0.1, 0.15) is 49.9 Å². The van der Waals surface area contributed by atoms with Gasteiger partial charge in [-0.25, -0.2) is 0 Å². The molecule has 0 bridgehead atoms. The van der Waals surface area contributed by atoms with Crippen molar-refractivity contribution in [2.75, 3.05) is 0 Å². The summed E-state index contributed by atoms with van der Waals surface area (Å²) in [7, 11) is 0. The molecule has 2 rings (SSSR count). The van der Waals surface area contributed by atoms with Gasteiger partial charge < -0.3 is 10.1 Å².